The number of hydrogen-bond donors (Lipinski definition) is 1. The SMILES string of the molecule is CC1CCC(C(=O)N2C[C@H]3c4ccccc4OC[C@@]3(C(=O)O)C2)CC1. The first-order valence-electron chi connectivity index (χ1n) is 9.25. The van der Waals surface area contributed by atoms with Crippen LogP contribution in [0.25, 0.3) is 0 Å². The molecule has 5 heteroatoms. The van der Waals surface area contributed by atoms with Crippen molar-refractivity contribution in [2.75, 3.05) is 19.7 Å². The molecular weight excluding hydrogens is 318 g/mol. The van der Waals surface area contributed by atoms with Gasteiger partial charge in [-0.3, -0.25) is 9.59 Å². The van der Waals surface area contributed by atoms with Gasteiger partial charge in [0.05, 0.1) is 0 Å². The smallest absolute Gasteiger partial charge is 0.315 e. The van der Waals surface area contributed by atoms with E-state index in [9.17, 15) is 14.7 Å². The van der Waals surface area contributed by atoms with E-state index in [2.05, 4.69) is 6.92 Å². The predicted octanol–water partition coefficient (Wildman–Crippen LogP) is 2.90. The number of likely N-dealkylation sites (tertiary alicyclic amines) is 1. The second kappa shape index (κ2) is 6.04. The molecule has 1 N–H and O–H groups in total. The molecule has 134 valence electrons. The highest BCUT2D eigenvalue weighted by Crippen LogP contribution is 2.50. The summed E-state index contributed by atoms with van der Waals surface area (Å²) in [4.78, 5) is 27.0. The topological polar surface area (TPSA) is 66.8 Å². The number of fused-ring (bicyclic) bond motifs is 3. The Morgan fingerprint density at radius 3 is 2.64 bits per heavy atom. The van der Waals surface area contributed by atoms with E-state index < -0.39 is 11.4 Å². The summed E-state index contributed by atoms with van der Waals surface area (Å²) in [5.74, 6) is 0.583. The molecule has 1 saturated carbocycles. The van der Waals surface area contributed by atoms with Gasteiger partial charge in [0, 0.05) is 30.5 Å². The molecule has 0 spiro atoms. The lowest BCUT2D eigenvalue weighted by atomic mass is 9.73. The van der Waals surface area contributed by atoms with Crippen LogP contribution in [0.5, 0.6) is 5.75 Å². The van der Waals surface area contributed by atoms with E-state index in [1.165, 1.54) is 0 Å². The number of carboxylic acid groups (broad SMARTS) is 1. The van der Waals surface area contributed by atoms with E-state index in [4.69, 9.17) is 4.74 Å². The number of carbonyl (C=O) groups is 2. The maximum absolute atomic E-state index is 13.0. The molecule has 2 heterocycles. The second-order valence-electron chi connectivity index (χ2n) is 8.02. The van der Waals surface area contributed by atoms with Gasteiger partial charge in [-0.25, -0.2) is 0 Å². The zero-order chi connectivity index (χ0) is 17.6. The molecular formula is C20H25NO4. The molecule has 5 nitrogen and oxygen atoms in total. The zero-order valence-electron chi connectivity index (χ0n) is 14.6. The average molecular weight is 343 g/mol. The Labute approximate surface area is 148 Å². The molecule has 4 rings (SSSR count). The van der Waals surface area contributed by atoms with Gasteiger partial charge in [0.15, 0.2) is 0 Å². The Balaban J connectivity index is 1.60. The quantitative estimate of drug-likeness (QED) is 0.897. The Bertz CT molecular complexity index is 695. The molecule has 25 heavy (non-hydrogen) atoms. The van der Waals surface area contributed by atoms with Crippen molar-refractivity contribution in [3.05, 3.63) is 29.8 Å². The van der Waals surface area contributed by atoms with E-state index in [1.807, 2.05) is 24.3 Å². The van der Waals surface area contributed by atoms with Crippen LogP contribution in [0.4, 0.5) is 0 Å². The lowest BCUT2D eigenvalue weighted by Crippen LogP contribution is -2.46. The van der Waals surface area contributed by atoms with Crippen LogP contribution in [0.2, 0.25) is 0 Å². The maximum Gasteiger partial charge on any atom is 0.315 e. The molecule has 2 fully saturated rings. The summed E-state index contributed by atoms with van der Waals surface area (Å²) in [6.07, 6.45) is 4.02. The molecule has 1 saturated heterocycles. The summed E-state index contributed by atoms with van der Waals surface area (Å²) in [6.45, 7) is 3.11. The van der Waals surface area contributed by atoms with E-state index in [-0.39, 0.29) is 30.9 Å². The number of nitrogens with zero attached hydrogens (tertiary/aromatic N) is 1. The largest absolute Gasteiger partial charge is 0.492 e. The minimum Gasteiger partial charge on any atom is -0.492 e. The van der Waals surface area contributed by atoms with Crippen molar-refractivity contribution < 1.29 is 19.4 Å². The number of amides is 1. The fourth-order valence-electron chi connectivity index (χ4n) is 4.77. The Morgan fingerprint density at radius 1 is 1.20 bits per heavy atom. The summed E-state index contributed by atoms with van der Waals surface area (Å²) in [7, 11) is 0. The zero-order valence-corrected chi connectivity index (χ0v) is 14.6. The average Bonchev–Trinajstić information content (AvgIpc) is 3.03. The number of carbonyl (C=O) groups excluding carboxylic acids is 1. The summed E-state index contributed by atoms with van der Waals surface area (Å²) in [5.41, 5.74) is -0.102. The number of aliphatic carboxylic acids is 1. The minimum absolute atomic E-state index is 0.0540. The molecule has 1 amide bonds. The molecule has 0 radical (unpaired) electrons. The van der Waals surface area contributed by atoms with Crippen LogP contribution < -0.4 is 4.74 Å². The van der Waals surface area contributed by atoms with Gasteiger partial charge < -0.3 is 14.7 Å². The summed E-state index contributed by atoms with van der Waals surface area (Å²) >= 11 is 0. The molecule has 2 aliphatic heterocycles. The van der Waals surface area contributed by atoms with Gasteiger partial charge in [0.25, 0.3) is 0 Å². The van der Waals surface area contributed by atoms with E-state index in [0.29, 0.717) is 12.5 Å². The number of hydrogen-bond acceptors (Lipinski definition) is 3. The van der Waals surface area contributed by atoms with Crippen molar-refractivity contribution in [2.45, 2.75) is 38.5 Å². The summed E-state index contributed by atoms with van der Waals surface area (Å²) in [6, 6.07) is 7.63. The van der Waals surface area contributed by atoms with Crippen LogP contribution in [-0.4, -0.2) is 41.6 Å². The number of rotatable bonds is 2. The van der Waals surface area contributed by atoms with Gasteiger partial charge in [-0.05, 0) is 37.7 Å². The molecule has 0 bridgehead atoms. The van der Waals surface area contributed by atoms with Gasteiger partial charge in [0.1, 0.15) is 17.8 Å². The number of para-hydroxylation sites is 1. The van der Waals surface area contributed by atoms with Crippen LogP contribution in [-0.2, 0) is 9.59 Å². The highest BCUT2D eigenvalue weighted by Gasteiger charge is 2.57. The minimum atomic E-state index is -1.02. The third-order valence-corrected chi connectivity index (χ3v) is 6.43. The third kappa shape index (κ3) is 2.60. The third-order valence-electron chi connectivity index (χ3n) is 6.43. The lowest BCUT2D eigenvalue weighted by Gasteiger charge is -2.35. The van der Waals surface area contributed by atoms with Crippen LogP contribution in [0.15, 0.2) is 24.3 Å². The van der Waals surface area contributed by atoms with Crippen molar-refractivity contribution in [3.8, 4) is 5.75 Å². The number of carboxylic acids is 1. The van der Waals surface area contributed by atoms with Gasteiger partial charge in [-0.2, -0.15) is 0 Å². The highest BCUT2D eigenvalue weighted by atomic mass is 16.5. The van der Waals surface area contributed by atoms with Crippen LogP contribution in [0.3, 0.4) is 0 Å². The lowest BCUT2D eigenvalue weighted by molar-refractivity contribution is -0.152. The van der Waals surface area contributed by atoms with Crippen molar-refractivity contribution in [1.29, 1.82) is 0 Å². The molecule has 1 aliphatic carbocycles. The fraction of sp³-hybridized carbons (Fsp3) is 0.600. The first kappa shape index (κ1) is 16.4. The van der Waals surface area contributed by atoms with Gasteiger partial charge in [-0.1, -0.05) is 25.1 Å². The van der Waals surface area contributed by atoms with Crippen molar-refractivity contribution in [1.82, 2.24) is 4.90 Å². The maximum atomic E-state index is 13.0. The van der Waals surface area contributed by atoms with Crippen molar-refractivity contribution in [2.24, 2.45) is 17.3 Å². The first-order valence-corrected chi connectivity index (χ1v) is 9.25. The van der Waals surface area contributed by atoms with Crippen LogP contribution in [0, 0.1) is 17.3 Å². The van der Waals surface area contributed by atoms with Gasteiger partial charge >= 0.3 is 5.97 Å². The molecule has 0 unspecified atom stereocenters. The molecule has 1 aromatic carbocycles. The van der Waals surface area contributed by atoms with Crippen molar-refractivity contribution in [3.63, 3.8) is 0 Å². The number of ether oxygens (including phenoxy) is 1. The first-order chi connectivity index (χ1) is 12.0. The highest BCUT2D eigenvalue weighted by molar-refractivity contribution is 5.84. The monoisotopic (exact) mass is 343 g/mol. The Hall–Kier alpha value is -2.04. The van der Waals surface area contributed by atoms with Gasteiger partial charge in [0.2, 0.25) is 5.91 Å². The molecule has 1 aromatic rings. The molecule has 0 aromatic heterocycles. The predicted molar refractivity (Wildman–Crippen MR) is 92.4 cm³/mol. The van der Waals surface area contributed by atoms with Crippen molar-refractivity contribution >= 4 is 11.9 Å². The van der Waals surface area contributed by atoms with Crippen LogP contribution in [0.1, 0.15) is 44.1 Å². The standard InChI is InChI=1S/C20H25NO4/c1-13-6-8-14(9-7-13)18(22)21-10-16-15-4-2-3-5-17(15)25-12-20(16,11-21)19(23)24/h2-5,13-14,16H,6-12H2,1H3,(H,23,24)/t13?,14?,16-,20-/m0/s1. The Kier molecular flexibility index (Phi) is 3.97. The van der Waals surface area contributed by atoms with E-state index in [1.54, 1.807) is 4.90 Å². The second-order valence-corrected chi connectivity index (χ2v) is 8.02. The van der Waals surface area contributed by atoms with Gasteiger partial charge in [-0.15, -0.1) is 0 Å². The molecule has 3 aliphatic rings. The summed E-state index contributed by atoms with van der Waals surface area (Å²) in [5, 5.41) is 9.95. The Morgan fingerprint density at radius 2 is 1.92 bits per heavy atom. The number of benzene rings is 1. The van der Waals surface area contributed by atoms with E-state index in [0.717, 1.165) is 37.0 Å². The molecule has 2 atom stereocenters. The summed E-state index contributed by atoms with van der Waals surface area (Å²) < 4.78 is 5.77. The van der Waals surface area contributed by atoms with Crippen LogP contribution >= 0.6 is 0 Å². The normalized spacial score (nSPS) is 34.0. The fourth-order valence-corrected chi connectivity index (χ4v) is 4.77. The van der Waals surface area contributed by atoms with E-state index >= 15 is 0 Å².